The SMILES string of the molecule is CNC(COC1CC(C)CC(C)(C)C1)C(N)=O. The molecule has 1 aliphatic carbocycles. The Morgan fingerprint density at radius 1 is 1.53 bits per heavy atom. The normalized spacial score (nSPS) is 29.9. The molecule has 1 saturated carbocycles. The van der Waals surface area contributed by atoms with Crippen LogP contribution >= 0.6 is 0 Å². The van der Waals surface area contributed by atoms with Crippen molar-refractivity contribution in [1.29, 1.82) is 0 Å². The number of carbonyl (C=O) groups excluding carboxylic acids is 1. The van der Waals surface area contributed by atoms with Gasteiger partial charge in [0.05, 0.1) is 12.7 Å². The zero-order valence-electron chi connectivity index (χ0n) is 11.5. The summed E-state index contributed by atoms with van der Waals surface area (Å²) in [4.78, 5) is 11.1. The van der Waals surface area contributed by atoms with Gasteiger partial charge in [-0.05, 0) is 37.6 Å². The molecule has 4 nitrogen and oxygen atoms in total. The topological polar surface area (TPSA) is 64.3 Å². The van der Waals surface area contributed by atoms with E-state index in [9.17, 15) is 4.79 Å². The van der Waals surface area contributed by atoms with Crippen LogP contribution in [0.5, 0.6) is 0 Å². The second kappa shape index (κ2) is 5.83. The van der Waals surface area contributed by atoms with Crippen LogP contribution in [0.15, 0.2) is 0 Å². The summed E-state index contributed by atoms with van der Waals surface area (Å²) < 4.78 is 5.84. The number of primary amides is 1. The molecule has 0 aromatic heterocycles. The first-order valence-electron chi connectivity index (χ1n) is 6.42. The molecule has 1 rings (SSSR count). The van der Waals surface area contributed by atoms with E-state index in [-0.39, 0.29) is 18.1 Å². The minimum absolute atomic E-state index is 0.254. The number of hydrogen-bond donors (Lipinski definition) is 2. The van der Waals surface area contributed by atoms with Gasteiger partial charge in [0.15, 0.2) is 0 Å². The number of likely N-dealkylation sites (N-methyl/N-ethyl adjacent to an activating group) is 1. The van der Waals surface area contributed by atoms with E-state index in [1.807, 2.05) is 0 Å². The van der Waals surface area contributed by atoms with E-state index in [0.29, 0.717) is 17.9 Å². The first-order chi connectivity index (χ1) is 7.84. The van der Waals surface area contributed by atoms with Gasteiger partial charge in [-0.2, -0.15) is 0 Å². The van der Waals surface area contributed by atoms with Crippen LogP contribution in [0.2, 0.25) is 0 Å². The molecule has 0 radical (unpaired) electrons. The Bertz CT molecular complexity index is 266. The quantitative estimate of drug-likeness (QED) is 0.763. The van der Waals surface area contributed by atoms with E-state index in [0.717, 1.165) is 12.8 Å². The standard InChI is InChI=1S/C13H26N2O2/c1-9-5-10(7-13(2,3)6-9)17-8-11(15-4)12(14)16/h9-11,15H,5-8H2,1-4H3,(H2,14,16). The second-order valence-electron chi connectivity index (χ2n) is 6.11. The smallest absolute Gasteiger partial charge is 0.236 e. The molecule has 1 fully saturated rings. The molecule has 0 spiro atoms. The number of rotatable bonds is 5. The van der Waals surface area contributed by atoms with Crippen LogP contribution in [0.4, 0.5) is 0 Å². The van der Waals surface area contributed by atoms with Crippen molar-refractivity contribution in [3.8, 4) is 0 Å². The molecular formula is C13H26N2O2. The van der Waals surface area contributed by atoms with Crippen molar-refractivity contribution in [3.63, 3.8) is 0 Å². The fourth-order valence-electron chi connectivity index (χ4n) is 2.93. The van der Waals surface area contributed by atoms with Crippen molar-refractivity contribution >= 4 is 5.91 Å². The summed E-state index contributed by atoms with van der Waals surface area (Å²) in [6.07, 6.45) is 3.65. The van der Waals surface area contributed by atoms with Gasteiger partial charge in [0.2, 0.25) is 5.91 Å². The number of ether oxygens (including phenoxy) is 1. The highest BCUT2D eigenvalue weighted by atomic mass is 16.5. The molecule has 100 valence electrons. The summed E-state index contributed by atoms with van der Waals surface area (Å²) in [5.41, 5.74) is 5.60. The maximum absolute atomic E-state index is 11.1. The molecule has 0 bridgehead atoms. The summed E-state index contributed by atoms with van der Waals surface area (Å²) in [7, 11) is 1.73. The van der Waals surface area contributed by atoms with Gasteiger partial charge >= 0.3 is 0 Å². The van der Waals surface area contributed by atoms with E-state index in [2.05, 4.69) is 26.1 Å². The van der Waals surface area contributed by atoms with Gasteiger partial charge in [0.25, 0.3) is 0 Å². The van der Waals surface area contributed by atoms with E-state index >= 15 is 0 Å². The monoisotopic (exact) mass is 242 g/mol. The lowest BCUT2D eigenvalue weighted by atomic mass is 9.71. The number of carbonyl (C=O) groups is 1. The van der Waals surface area contributed by atoms with Gasteiger partial charge in [-0.15, -0.1) is 0 Å². The van der Waals surface area contributed by atoms with Crippen LogP contribution in [0, 0.1) is 11.3 Å². The third-order valence-corrected chi connectivity index (χ3v) is 3.54. The van der Waals surface area contributed by atoms with E-state index < -0.39 is 0 Å². The first kappa shape index (κ1) is 14.5. The van der Waals surface area contributed by atoms with E-state index in [4.69, 9.17) is 10.5 Å². The molecule has 1 amide bonds. The van der Waals surface area contributed by atoms with Crippen LogP contribution in [0.3, 0.4) is 0 Å². The summed E-state index contributed by atoms with van der Waals surface area (Å²) in [5.74, 6) is 0.334. The molecule has 0 aliphatic heterocycles. The van der Waals surface area contributed by atoms with Crippen molar-refractivity contribution in [2.24, 2.45) is 17.1 Å². The van der Waals surface area contributed by atoms with Gasteiger partial charge < -0.3 is 15.8 Å². The van der Waals surface area contributed by atoms with Crippen molar-refractivity contribution in [2.45, 2.75) is 52.2 Å². The molecule has 0 aromatic rings. The van der Waals surface area contributed by atoms with Gasteiger partial charge in [0.1, 0.15) is 6.04 Å². The Kier molecular flexibility index (Phi) is 4.95. The largest absolute Gasteiger partial charge is 0.376 e. The van der Waals surface area contributed by atoms with Crippen molar-refractivity contribution < 1.29 is 9.53 Å². The first-order valence-corrected chi connectivity index (χ1v) is 6.42. The third-order valence-electron chi connectivity index (χ3n) is 3.54. The molecule has 0 aromatic carbocycles. The molecule has 17 heavy (non-hydrogen) atoms. The molecule has 3 N–H and O–H groups in total. The number of nitrogens with one attached hydrogen (secondary N) is 1. The minimum atomic E-state index is -0.379. The fraction of sp³-hybridized carbons (Fsp3) is 0.923. The third kappa shape index (κ3) is 4.64. The van der Waals surface area contributed by atoms with E-state index in [1.54, 1.807) is 7.05 Å². The maximum atomic E-state index is 11.1. The highest BCUT2D eigenvalue weighted by molar-refractivity contribution is 5.79. The summed E-state index contributed by atoms with van der Waals surface area (Å²) in [6, 6.07) is -0.379. The maximum Gasteiger partial charge on any atom is 0.236 e. The minimum Gasteiger partial charge on any atom is -0.376 e. The predicted molar refractivity (Wildman–Crippen MR) is 68.6 cm³/mol. The van der Waals surface area contributed by atoms with Gasteiger partial charge in [-0.1, -0.05) is 20.8 Å². The average molecular weight is 242 g/mol. The van der Waals surface area contributed by atoms with Crippen LogP contribution in [-0.4, -0.2) is 31.7 Å². The van der Waals surface area contributed by atoms with E-state index in [1.165, 1.54) is 6.42 Å². The molecular weight excluding hydrogens is 216 g/mol. The van der Waals surface area contributed by atoms with Crippen molar-refractivity contribution in [1.82, 2.24) is 5.32 Å². The van der Waals surface area contributed by atoms with Crippen LogP contribution in [0.25, 0.3) is 0 Å². The molecule has 0 saturated heterocycles. The van der Waals surface area contributed by atoms with Crippen molar-refractivity contribution in [2.75, 3.05) is 13.7 Å². The zero-order valence-corrected chi connectivity index (χ0v) is 11.5. The molecule has 3 atom stereocenters. The van der Waals surface area contributed by atoms with Gasteiger partial charge in [-0.25, -0.2) is 0 Å². The Labute approximate surface area is 104 Å². The number of amides is 1. The number of hydrogen-bond acceptors (Lipinski definition) is 3. The van der Waals surface area contributed by atoms with Crippen LogP contribution in [0.1, 0.15) is 40.0 Å². The molecule has 1 aliphatic rings. The Balaban J connectivity index is 2.43. The predicted octanol–water partition coefficient (Wildman–Crippen LogP) is 1.29. The number of nitrogens with two attached hydrogens (primary N) is 1. The summed E-state index contributed by atoms with van der Waals surface area (Å²) >= 11 is 0. The van der Waals surface area contributed by atoms with Gasteiger partial charge in [0, 0.05) is 0 Å². The molecule has 3 unspecified atom stereocenters. The molecule has 4 heteroatoms. The average Bonchev–Trinajstić information content (AvgIpc) is 2.14. The summed E-state index contributed by atoms with van der Waals surface area (Å²) in [5, 5.41) is 2.87. The molecule has 0 heterocycles. The lowest BCUT2D eigenvalue weighted by Crippen LogP contribution is -2.44. The van der Waals surface area contributed by atoms with Gasteiger partial charge in [-0.3, -0.25) is 4.79 Å². The Morgan fingerprint density at radius 3 is 2.65 bits per heavy atom. The highest BCUT2D eigenvalue weighted by Gasteiger charge is 2.32. The summed E-state index contributed by atoms with van der Waals surface area (Å²) in [6.45, 7) is 7.20. The van der Waals surface area contributed by atoms with Crippen LogP contribution in [-0.2, 0) is 9.53 Å². The van der Waals surface area contributed by atoms with Crippen molar-refractivity contribution in [3.05, 3.63) is 0 Å². The van der Waals surface area contributed by atoms with Crippen LogP contribution < -0.4 is 11.1 Å². The zero-order chi connectivity index (χ0) is 13.1. The fourth-order valence-corrected chi connectivity index (χ4v) is 2.93. The second-order valence-corrected chi connectivity index (χ2v) is 6.11. The highest BCUT2D eigenvalue weighted by Crippen LogP contribution is 2.39. The Morgan fingerprint density at radius 2 is 2.18 bits per heavy atom. The Hall–Kier alpha value is -0.610. The lowest BCUT2D eigenvalue weighted by Gasteiger charge is -2.39. The lowest BCUT2D eigenvalue weighted by molar-refractivity contribution is -0.122.